The first-order chi connectivity index (χ1) is 11.5. The van der Waals surface area contributed by atoms with Crippen molar-refractivity contribution in [3.05, 3.63) is 23.0 Å². The van der Waals surface area contributed by atoms with Gasteiger partial charge in [0.25, 0.3) is 0 Å². The van der Waals surface area contributed by atoms with Crippen LogP contribution in [-0.4, -0.2) is 33.1 Å². The average molecular weight is 352 g/mol. The lowest BCUT2D eigenvalue weighted by Crippen LogP contribution is -2.32. The van der Waals surface area contributed by atoms with E-state index >= 15 is 0 Å². The summed E-state index contributed by atoms with van der Waals surface area (Å²) in [6.07, 6.45) is 5.68. The number of nitrogens with zero attached hydrogens (tertiary/aromatic N) is 2. The van der Waals surface area contributed by atoms with Crippen molar-refractivity contribution in [2.45, 2.75) is 51.7 Å². The summed E-state index contributed by atoms with van der Waals surface area (Å²) in [4.78, 5) is 11.3. The summed E-state index contributed by atoms with van der Waals surface area (Å²) in [5.41, 5.74) is 2.30. The van der Waals surface area contributed by atoms with Gasteiger partial charge in [-0.15, -0.1) is 0 Å². The first kappa shape index (κ1) is 16.7. The number of hydrogen-bond donors (Lipinski definition) is 4. The summed E-state index contributed by atoms with van der Waals surface area (Å²) in [6.45, 7) is 4.13. The van der Waals surface area contributed by atoms with E-state index in [1.807, 2.05) is 13.0 Å². The Hall–Kier alpha value is -2.15. The van der Waals surface area contributed by atoms with E-state index in [1.165, 1.54) is 0 Å². The van der Waals surface area contributed by atoms with Crippen LogP contribution in [-0.2, 0) is 4.79 Å². The van der Waals surface area contributed by atoms with Gasteiger partial charge in [0.05, 0.1) is 11.9 Å². The molecule has 4 N–H and O–H groups in total. The van der Waals surface area contributed by atoms with Crippen LogP contribution in [0.3, 0.4) is 0 Å². The van der Waals surface area contributed by atoms with Gasteiger partial charge in [0.1, 0.15) is 22.7 Å². The van der Waals surface area contributed by atoms with Crippen molar-refractivity contribution in [1.82, 2.24) is 20.4 Å². The smallest absolute Gasteiger partial charge is 0.330 e. The van der Waals surface area contributed by atoms with Gasteiger partial charge >= 0.3 is 5.97 Å². The van der Waals surface area contributed by atoms with Gasteiger partial charge in [-0.25, -0.2) is 9.48 Å². The number of unbranched alkanes of at least 4 members (excludes halogenated alkanes) is 1. The molecule has 0 amide bonds. The number of carbonyl (C=O) groups is 1. The summed E-state index contributed by atoms with van der Waals surface area (Å²) in [6, 6.07) is 1.08. The van der Waals surface area contributed by atoms with Crippen LogP contribution in [0, 0.1) is 0 Å². The second-order valence-electron chi connectivity index (χ2n) is 5.97. The molecule has 0 spiro atoms. The SMILES string of the molecule is CCCCC1NC(Cl)=C(c2cc3n(n2)C(CC)=CC(C(=O)O)N3)N1. The number of halogens is 1. The van der Waals surface area contributed by atoms with Crippen molar-refractivity contribution in [3.8, 4) is 0 Å². The monoisotopic (exact) mass is 351 g/mol. The Morgan fingerprint density at radius 1 is 1.38 bits per heavy atom. The molecule has 0 bridgehead atoms. The van der Waals surface area contributed by atoms with Crippen molar-refractivity contribution in [2.24, 2.45) is 0 Å². The Labute approximate surface area is 145 Å². The topological polar surface area (TPSA) is 91.2 Å². The third-order valence-corrected chi connectivity index (χ3v) is 4.51. The third kappa shape index (κ3) is 3.08. The highest BCUT2D eigenvalue weighted by atomic mass is 35.5. The molecule has 0 radical (unpaired) electrons. The third-order valence-electron chi connectivity index (χ3n) is 4.21. The van der Waals surface area contributed by atoms with Crippen molar-refractivity contribution in [3.63, 3.8) is 0 Å². The zero-order valence-corrected chi connectivity index (χ0v) is 14.5. The minimum atomic E-state index is -0.910. The van der Waals surface area contributed by atoms with Gasteiger partial charge in [-0.3, -0.25) is 0 Å². The Morgan fingerprint density at radius 2 is 2.17 bits per heavy atom. The number of carboxylic acid groups (broad SMARTS) is 1. The van der Waals surface area contributed by atoms with Gasteiger partial charge in [0.2, 0.25) is 0 Å². The minimum Gasteiger partial charge on any atom is -0.479 e. The number of aliphatic carboxylic acids is 1. The molecule has 0 saturated carbocycles. The molecule has 2 unspecified atom stereocenters. The molecule has 0 saturated heterocycles. The van der Waals surface area contributed by atoms with E-state index in [-0.39, 0.29) is 6.17 Å². The average Bonchev–Trinajstić information content (AvgIpc) is 3.14. The van der Waals surface area contributed by atoms with Gasteiger partial charge in [0.15, 0.2) is 0 Å². The molecule has 1 aromatic heterocycles. The second-order valence-corrected chi connectivity index (χ2v) is 6.35. The minimum absolute atomic E-state index is 0.104. The molecular formula is C16H22ClN5O2. The highest BCUT2D eigenvalue weighted by Crippen LogP contribution is 2.30. The zero-order valence-electron chi connectivity index (χ0n) is 13.8. The predicted octanol–water partition coefficient (Wildman–Crippen LogP) is 2.59. The van der Waals surface area contributed by atoms with Crippen LogP contribution in [0.4, 0.5) is 5.82 Å². The Bertz CT molecular complexity index is 709. The Balaban J connectivity index is 1.85. The molecule has 7 nitrogen and oxygen atoms in total. The number of rotatable bonds is 6. The molecule has 24 heavy (non-hydrogen) atoms. The standard InChI is InChI=1S/C16H22ClN5O2/c1-3-5-6-12-19-14(15(17)20-12)10-8-13-18-11(16(23)24)7-9(4-2)22(13)21-10/h7-8,11-12,18-20H,3-6H2,1-2H3,(H,23,24). The maximum absolute atomic E-state index is 11.3. The Kier molecular flexibility index (Phi) is 4.71. The highest BCUT2D eigenvalue weighted by molar-refractivity contribution is 6.32. The second kappa shape index (κ2) is 6.76. The number of hydrogen-bond acceptors (Lipinski definition) is 5. The van der Waals surface area contributed by atoms with E-state index in [0.717, 1.165) is 30.7 Å². The van der Waals surface area contributed by atoms with Crippen LogP contribution in [0.25, 0.3) is 11.4 Å². The quantitative estimate of drug-likeness (QED) is 0.589. The van der Waals surface area contributed by atoms with Gasteiger partial charge in [-0.05, 0) is 25.3 Å². The molecular weight excluding hydrogens is 330 g/mol. The van der Waals surface area contributed by atoms with Gasteiger partial charge in [-0.1, -0.05) is 31.9 Å². The molecule has 2 atom stereocenters. The van der Waals surface area contributed by atoms with Crippen LogP contribution in [0.2, 0.25) is 0 Å². The van der Waals surface area contributed by atoms with Gasteiger partial charge in [-0.2, -0.15) is 5.10 Å². The molecule has 3 heterocycles. The lowest BCUT2D eigenvalue weighted by atomic mass is 10.1. The Morgan fingerprint density at radius 3 is 2.83 bits per heavy atom. The van der Waals surface area contributed by atoms with Gasteiger partial charge in [0, 0.05) is 11.8 Å². The number of allylic oxidation sites excluding steroid dienone is 1. The summed E-state index contributed by atoms with van der Waals surface area (Å²) in [7, 11) is 0. The van der Waals surface area contributed by atoms with Crippen molar-refractivity contribution < 1.29 is 9.90 Å². The number of nitrogens with one attached hydrogen (secondary N) is 3. The van der Waals surface area contributed by atoms with Crippen molar-refractivity contribution in [1.29, 1.82) is 0 Å². The molecule has 1 aromatic rings. The van der Waals surface area contributed by atoms with E-state index in [4.69, 9.17) is 11.6 Å². The molecule has 8 heteroatoms. The number of carboxylic acids is 1. The predicted molar refractivity (Wildman–Crippen MR) is 94.2 cm³/mol. The largest absolute Gasteiger partial charge is 0.479 e. The molecule has 3 rings (SSSR count). The van der Waals surface area contributed by atoms with Gasteiger partial charge < -0.3 is 21.1 Å². The first-order valence-corrected chi connectivity index (χ1v) is 8.65. The number of aromatic nitrogens is 2. The lowest BCUT2D eigenvalue weighted by molar-refractivity contribution is -0.136. The van der Waals surface area contributed by atoms with Crippen LogP contribution >= 0.6 is 11.6 Å². The molecule has 0 aromatic carbocycles. The summed E-state index contributed by atoms with van der Waals surface area (Å²) in [5.74, 6) is -0.250. The van der Waals surface area contributed by atoms with Crippen LogP contribution in [0.5, 0.6) is 0 Å². The first-order valence-electron chi connectivity index (χ1n) is 8.27. The highest BCUT2D eigenvalue weighted by Gasteiger charge is 2.28. The molecule has 2 aliphatic rings. The summed E-state index contributed by atoms with van der Waals surface area (Å²) < 4.78 is 1.74. The fourth-order valence-electron chi connectivity index (χ4n) is 2.93. The number of anilines is 1. The van der Waals surface area contributed by atoms with Crippen LogP contribution in [0.1, 0.15) is 45.2 Å². The van der Waals surface area contributed by atoms with E-state index in [9.17, 15) is 9.90 Å². The summed E-state index contributed by atoms with van der Waals surface area (Å²) in [5, 5.41) is 24.0. The van der Waals surface area contributed by atoms with Crippen molar-refractivity contribution in [2.75, 3.05) is 5.32 Å². The maximum Gasteiger partial charge on any atom is 0.330 e. The zero-order chi connectivity index (χ0) is 17.3. The van der Waals surface area contributed by atoms with E-state index in [1.54, 1.807) is 10.8 Å². The van der Waals surface area contributed by atoms with E-state index in [2.05, 4.69) is 28.0 Å². The van der Waals surface area contributed by atoms with E-state index < -0.39 is 12.0 Å². The van der Waals surface area contributed by atoms with Crippen LogP contribution < -0.4 is 16.0 Å². The molecule has 2 aliphatic heterocycles. The summed E-state index contributed by atoms with van der Waals surface area (Å²) >= 11 is 6.33. The van der Waals surface area contributed by atoms with E-state index in [0.29, 0.717) is 23.1 Å². The maximum atomic E-state index is 11.3. The number of fused-ring (bicyclic) bond motifs is 1. The fourth-order valence-corrected chi connectivity index (χ4v) is 3.21. The molecule has 0 aliphatic carbocycles. The normalized spacial score (nSPS) is 22.4. The van der Waals surface area contributed by atoms with Crippen molar-refractivity contribution >= 4 is 34.8 Å². The lowest BCUT2D eigenvalue weighted by Gasteiger charge is -2.21. The molecule has 130 valence electrons. The molecule has 0 fully saturated rings. The van der Waals surface area contributed by atoms with Crippen LogP contribution in [0.15, 0.2) is 17.3 Å². The fraction of sp³-hybridized carbons (Fsp3) is 0.500.